The summed E-state index contributed by atoms with van der Waals surface area (Å²) in [7, 11) is 4.09. The molecule has 2 N–H and O–H groups in total. The number of anilines is 1. The van der Waals surface area contributed by atoms with Gasteiger partial charge in [0.25, 0.3) is 5.56 Å². The van der Waals surface area contributed by atoms with Crippen LogP contribution in [0.1, 0.15) is 20.3 Å². The summed E-state index contributed by atoms with van der Waals surface area (Å²) in [4.78, 5) is 20.4. The maximum absolute atomic E-state index is 11.5. The molecular formula is C12H21IN4O. The molecule has 1 aromatic rings. The average Bonchev–Trinajstić information content (AvgIpc) is 2.23. The highest BCUT2D eigenvalue weighted by Gasteiger charge is 2.15. The second-order valence-corrected chi connectivity index (χ2v) is 6.21. The molecule has 0 bridgehead atoms. The highest BCUT2D eigenvalue weighted by atomic mass is 127. The molecule has 0 aromatic carbocycles. The molecule has 0 aliphatic rings. The highest BCUT2D eigenvalue weighted by molar-refractivity contribution is 14.1. The van der Waals surface area contributed by atoms with E-state index in [1.165, 1.54) is 6.33 Å². The van der Waals surface area contributed by atoms with Gasteiger partial charge in [-0.3, -0.25) is 4.79 Å². The van der Waals surface area contributed by atoms with Crippen molar-refractivity contribution in [3.8, 4) is 0 Å². The van der Waals surface area contributed by atoms with E-state index in [9.17, 15) is 4.79 Å². The van der Waals surface area contributed by atoms with Gasteiger partial charge in [0, 0.05) is 12.6 Å². The van der Waals surface area contributed by atoms with E-state index in [1.807, 2.05) is 36.7 Å². The molecule has 6 heteroatoms. The number of hydrogen-bond donors (Lipinski definition) is 2. The van der Waals surface area contributed by atoms with E-state index in [0.29, 0.717) is 21.3 Å². The number of H-pyrrole nitrogens is 1. The second-order valence-electron chi connectivity index (χ2n) is 5.13. The Hall–Kier alpha value is -0.630. The van der Waals surface area contributed by atoms with E-state index in [0.717, 1.165) is 13.0 Å². The van der Waals surface area contributed by atoms with Crippen LogP contribution in [0.3, 0.4) is 0 Å². The maximum atomic E-state index is 11.5. The van der Waals surface area contributed by atoms with Crippen LogP contribution in [0.25, 0.3) is 0 Å². The fourth-order valence-electron chi connectivity index (χ4n) is 1.87. The van der Waals surface area contributed by atoms with Crippen molar-refractivity contribution in [1.82, 2.24) is 14.9 Å². The van der Waals surface area contributed by atoms with Gasteiger partial charge in [-0.25, -0.2) is 4.98 Å². The Balaban J connectivity index is 2.81. The van der Waals surface area contributed by atoms with E-state index in [-0.39, 0.29) is 5.56 Å². The van der Waals surface area contributed by atoms with Gasteiger partial charge in [-0.05, 0) is 49.0 Å². The number of likely N-dealkylation sites (N-methyl/N-ethyl adjacent to an activating group) is 1. The topological polar surface area (TPSA) is 61.0 Å². The van der Waals surface area contributed by atoms with E-state index < -0.39 is 0 Å². The Morgan fingerprint density at radius 3 is 2.72 bits per heavy atom. The molecular weight excluding hydrogens is 343 g/mol. The SMILES string of the molecule is CC(C)CC(CN(C)C)Nc1nc[nH]c(=O)c1I. The largest absolute Gasteiger partial charge is 0.365 e. The van der Waals surface area contributed by atoms with Gasteiger partial charge in [0.2, 0.25) is 0 Å². The smallest absolute Gasteiger partial charge is 0.266 e. The monoisotopic (exact) mass is 364 g/mol. The fourth-order valence-corrected chi connectivity index (χ4v) is 2.32. The zero-order valence-corrected chi connectivity index (χ0v) is 13.5. The van der Waals surface area contributed by atoms with Crippen molar-refractivity contribution in [2.24, 2.45) is 5.92 Å². The standard InChI is InChI=1S/C12H21IN4O/c1-8(2)5-9(6-17(3)4)16-11-10(13)12(18)15-7-14-11/h7-9H,5-6H2,1-4H3,(H2,14,15,16,18). The van der Waals surface area contributed by atoms with Crippen molar-refractivity contribution in [2.75, 3.05) is 26.0 Å². The number of halogens is 1. The van der Waals surface area contributed by atoms with Crippen LogP contribution in [0.2, 0.25) is 0 Å². The number of aromatic amines is 1. The van der Waals surface area contributed by atoms with Crippen molar-refractivity contribution in [3.05, 3.63) is 20.3 Å². The first-order valence-corrected chi connectivity index (χ1v) is 7.12. The maximum Gasteiger partial charge on any atom is 0.266 e. The lowest BCUT2D eigenvalue weighted by atomic mass is 10.0. The van der Waals surface area contributed by atoms with Crippen molar-refractivity contribution >= 4 is 28.4 Å². The van der Waals surface area contributed by atoms with Gasteiger partial charge in [0.15, 0.2) is 0 Å². The van der Waals surface area contributed by atoms with Gasteiger partial charge < -0.3 is 15.2 Å². The van der Waals surface area contributed by atoms with Crippen molar-refractivity contribution < 1.29 is 0 Å². The molecule has 0 saturated carbocycles. The molecule has 0 aliphatic heterocycles. The third-order valence-electron chi connectivity index (χ3n) is 2.48. The van der Waals surface area contributed by atoms with Crippen LogP contribution in [0.5, 0.6) is 0 Å². The molecule has 18 heavy (non-hydrogen) atoms. The van der Waals surface area contributed by atoms with Crippen LogP contribution >= 0.6 is 22.6 Å². The summed E-state index contributed by atoms with van der Waals surface area (Å²) in [6.07, 6.45) is 2.48. The number of aromatic nitrogens is 2. The normalized spacial score (nSPS) is 13.1. The Labute approximate surface area is 122 Å². The van der Waals surface area contributed by atoms with E-state index in [1.54, 1.807) is 0 Å². The molecule has 0 saturated heterocycles. The van der Waals surface area contributed by atoms with Gasteiger partial charge in [-0.1, -0.05) is 13.8 Å². The Kier molecular flexibility index (Phi) is 6.07. The molecule has 1 rings (SSSR count). The number of nitrogens with zero attached hydrogens (tertiary/aromatic N) is 2. The molecule has 0 amide bonds. The predicted molar refractivity (Wildman–Crippen MR) is 83.0 cm³/mol. The second kappa shape index (κ2) is 7.08. The number of rotatable bonds is 6. The van der Waals surface area contributed by atoms with Gasteiger partial charge >= 0.3 is 0 Å². The number of nitrogens with one attached hydrogen (secondary N) is 2. The summed E-state index contributed by atoms with van der Waals surface area (Å²) in [6, 6.07) is 0.294. The number of hydrogen-bond acceptors (Lipinski definition) is 4. The van der Waals surface area contributed by atoms with Crippen molar-refractivity contribution in [3.63, 3.8) is 0 Å². The van der Waals surface area contributed by atoms with Gasteiger partial charge in [0.1, 0.15) is 9.39 Å². The van der Waals surface area contributed by atoms with E-state index in [4.69, 9.17) is 0 Å². The Morgan fingerprint density at radius 1 is 1.50 bits per heavy atom. The molecule has 5 nitrogen and oxygen atoms in total. The summed E-state index contributed by atoms with van der Waals surface area (Å²) in [5.74, 6) is 1.27. The lowest BCUT2D eigenvalue weighted by molar-refractivity contribution is 0.356. The highest BCUT2D eigenvalue weighted by Crippen LogP contribution is 2.14. The molecule has 1 heterocycles. The Morgan fingerprint density at radius 2 is 2.17 bits per heavy atom. The van der Waals surface area contributed by atoms with E-state index >= 15 is 0 Å². The first kappa shape index (κ1) is 15.4. The molecule has 1 atom stereocenters. The molecule has 1 aromatic heterocycles. The van der Waals surface area contributed by atoms with Gasteiger partial charge in [0.05, 0.1) is 6.33 Å². The zero-order chi connectivity index (χ0) is 13.7. The molecule has 0 spiro atoms. The minimum atomic E-state index is -0.0961. The van der Waals surface area contributed by atoms with Crippen LogP contribution in [0.15, 0.2) is 11.1 Å². The third-order valence-corrected chi connectivity index (χ3v) is 3.48. The minimum absolute atomic E-state index is 0.0961. The van der Waals surface area contributed by atoms with E-state index in [2.05, 4.69) is 34.0 Å². The minimum Gasteiger partial charge on any atom is -0.365 e. The summed E-state index contributed by atoms with van der Waals surface area (Å²) < 4.78 is 0.614. The van der Waals surface area contributed by atoms with Crippen LogP contribution < -0.4 is 10.9 Å². The predicted octanol–water partition coefficient (Wildman–Crippen LogP) is 1.76. The van der Waals surface area contributed by atoms with Crippen LogP contribution in [0.4, 0.5) is 5.82 Å². The molecule has 102 valence electrons. The lowest BCUT2D eigenvalue weighted by Gasteiger charge is -2.24. The van der Waals surface area contributed by atoms with Crippen molar-refractivity contribution in [1.29, 1.82) is 0 Å². The lowest BCUT2D eigenvalue weighted by Crippen LogP contribution is -2.34. The summed E-state index contributed by atoms with van der Waals surface area (Å²) in [5, 5.41) is 3.37. The van der Waals surface area contributed by atoms with Crippen LogP contribution in [-0.2, 0) is 0 Å². The van der Waals surface area contributed by atoms with Gasteiger partial charge in [-0.2, -0.15) is 0 Å². The molecule has 1 unspecified atom stereocenters. The van der Waals surface area contributed by atoms with Crippen molar-refractivity contribution in [2.45, 2.75) is 26.3 Å². The van der Waals surface area contributed by atoms with Crippen LogP contribution in [-0.4, -0.2) is 41.5 Å². The Bertz CT molecular complexity index is 420. The summed E-state index contributed by atoms with van der Waals surface area (Å²) in [5.41, 5.74) is -0.0961. The summed E-state index contributed by atoms with van der Waals surface area (Å²) >= 11 is 2.02. The quantitative estimate of drug-likeness (QED) is 0.756. The third kappa shape index (κ3) is 4.93. The van der Waals surface area contributed by atoms with Gasteiger partial charge in [-0.15, -0.1) is 0 Å². The zero-order valence-electron chi connectivity index (χ0n) is 11.3. The van der Waals surface area contributed by atoms with Crippen LogP contribution in [0, 0.1) is 9.49 Å². The first-order chi connectivity index (χ1) is 8.40. The molecule has 0 radical (unpaired) electrons. The molecule has 0 fully saturated rings. The first-order valence-electron chi connectivity index (χ1n) is 6.04. The summed E-state index contributed by atoms with van der Waals surface area (Å²) in [6.45, 7) is 5.31. The average molecular weight is 364 g/mol. The fraction of sp³-hybridized carbons (Fsp3) is 0.667. The molecule has 0 aliphatic carbocycles.